The number of hydrogen-bond acceptors (Lipinski definition) is 3. The van der Waals surface area contributed by atoms with Gasteiger partial charge in [0.25, 0.3) is 0 Å². The summed E-state index contributed by atoms with van der Waals surface area (Å²) in [5, 5.41) is 12.1. The summed E-state index contributed by atoms with van der Waals surface area (Å²) in [5.74, 6) is 0. The van der Waals surface area contributed by atoms with E-state index in [2.05, 4.69) is 5.32 Å². The first-order valence-electron chi connectivity index (χ1n) is 4.27. The van der Waals surface area contributed by atoms with E-state index in [-0.39, 0.29) is 6.10 Å². The topological polar surface area (TPSA) is 41.5 Å². The van der Waals surface area contributed by atoms with Crippen LogP contribution >= 0.6 is 0 Å². The molecule has 1 fully saturated rings. The van der Waals surface area contributed by atoms with Gasteiger partial charge in [0.1, 0.15) is 0 Å². The molecule has 66 valence electrons. The summed E-state index contributed by atoms with van der Waals surface area (Å²) in [6.45, 7) is 1.10. The van der Waals surface area contributed by atoms with Crippen LogP contribution in [0.3, 0.4) is 0 Å². The molecule has 0 bridgehead atoms. The van der Waals surface area contributed by atoms with Crippen molar-refractivity contribution in [1.29, 1.82) is 0 Å². The normalized spacial score (nSPS) is 21.3. The molecule has 1 unspecified atom stereocenters. The maximum absolute atomic E-state index is 9.23. The van der Waals surface area contributed by atoms with Gasteiger partial charge in [-0.1, -0.05) is 0 Å². The smallest absolute Gasteiger partial charge is 0.0897 e. The molecular weight excluding hydrogens is 142 g/mol. The Morgan fingerprint density at radius 3 is 2.82 bits per heavy atom. The molecule has 0 spiro atoms. The summed E-state index contributed by atoms with van der Waals surface area (Å²) in [4.78, 5) is 0. The summed E-state index contributed by atoms with van der Waals surface area (Å²) >= 11 is 0. The van der Waals surface area contributed by atoms with Crippen molar-refractivity contribution in [3.63, 3.8) is 0 Å². The minimum absolute atomic E-state index is 0.347. The molecule has 3 heteroatoms. The average Bonchev–Trinajstić information content (AvgIpc) is 1.85. The molecule has 11 heavy (non-hydrogen) atoms. The highest BCUT2D eigenvalue weighted by atomic mass is 16.5. The lowest BCUT2D eigenvalue weighted by atomic mass is 9.96. The van der Waals surface area contributed by atoms with Crippen LogP contribution in [0, 0.1) is 0 Å². The van der Waals surface area contributed by atoms with E-state index in [9.17, 15) is 5.11 Å². The van der Waals surface area contributed by atoms with Crippen LogP contribution in [-0.4, -0.2) is 37.5 Å². The van der Waals surface area contributed by atoms with Crippen LogP contribution in [0.1, 0.15) is 19.3 Å². The second kappa shape index (κ2) is 4.70. The fourth-order valence-corrected chi connectivity index (χ4v) is 1.08. The molecule has 0 aliphatic heterocycles. The van der Waals surface area contributed by atoms with Crippen molar-refractivity contribution in [3.05, 3.63) is 0 Å². The zero-order valence-electron chi connectivity index (χ0n) is 7.05. The zero-order chi connectivity index (χ0) is 8.10. The maximum atomic E-state index is 9.23. The van der Waals surface area contributed by atoms with Crippen LogP contribution in [0.25, 0.3) is 0 Å². The lowest BCUT2D eigenvalue weighted by Crippen LogP contribution is -2.32. The van der Waals surface area contributed by atoms with Crippen molar-refractivity contribution in [2.75, 3.05) is 20.2 Å². The molecule has 0 heterocycles. The highest BCUT2D eigenvalue weighted by Crippen LogP contribution is 2.21. The van der Waals surface area contributed by atoms with Crippen molar-refractivity contribution in [1.82, 2.24) is 5.32 Å². The quantitative estimate of drug-likeness (QED) is 0.599. The average molecular weight is 159 g/mol. The lowest BCUT2D eigenvalue weighted by Gasteiger charge is -2.26. The van der Waals surface area contributed by atoms with Crippen LogP contribution in [0.4, 0.5) is 0 Å². The molecule has 1 atom stereocenters. The van der Waals surface area contributed by atoms with Crippen LogP contribution in [0.2, 0.25) is 0 Å². The molecule has 1 aliphatic rings. The van der Waals surface area contributed by atoms with Gasteiger partial charge in [-0.2, -0.15) is 0 Å². The highest BCUT2D eigenvalue weighted by molar-refractivity contribution is 4.70. The second-order valence-electron chi connectivity index (χ2n) is 3.10. The summed E-state index contributed by atoms with van der Waals surface area (Å²) in [6.07, 6.45) is 3.72. The Balaban J connectivity index is 1.92. The monoisotopic (exact) mass is 159 g/mol. The molecule has 0 aromatic rings. The predicted molar refractivity (Wildman–Crippen MR) is 43.5 cm³/mol. The van der Waals surface area contributed by atoms with E-state index >= 15 is 0 Å². The molecule has 3 nitrogen and oxygen atoms in total. The van der Waals surface area contributed by atoms with Crippen LogP contribution in [-0.2, 0) is 4.74 Å². The molecule has 0 saturated heterocycles. The highest BCUT2D eigenvalue weighted by Gasteiger charge is 2.18. The molecular formula is C8H17NO2. The predicted octanol–water partition coefficient (Wildman–Crippen LogP) is 0.136. The van der Waals surface area contributed by atoms with E-state index in [4.69, 9.17) is 4.74 Å². The van der Waals surface area contributed by atoms with Gasteiger partial charge in [-0.3, -0.25) is 0 Å². The number of nitrogens with one attached hydrogen (secondary N) is 1. The molecule has 0 radical (unpaired) electrons. The first-order valence-corrected chi connectivity index (χ1v) is 4.27. The van der Waals surface area contributed by atoms with Gasteiger partial charge in [-0.05, 0) is 26.3 Å². The standard InChI is InChI=1S/C8H17NO2/c1-9-5-7(10)6-11-8-3-2-4-8/h7-10H,2-6H2,1H3. The Morgan fingerprint density at radius 2 is 2.36 bits per heavy atom. The number of hydrogen-bond donors (Lipinski definition) is 2. The third-order valence-electron chi connectivity index (χ3n) is 2.02. The molecule has 1 rings (SSSR count). The van der Waals surface area contributed by atoms with Gasteiger partial charge in [0.2, 0.25) is 0 Å². The van der Waals surface area contributed by atoms with E-state index in [1.54, 1.807) is 0 Å². The second-order valence-corrected chi connectivity index (χ2v) is 3.10. The fourth-order valence-electron chi connectivity index (χ4n) is 1.08. The lowest BCUT2D eigenvalue weighted by molar-refractivity contribution is -0.0406. The summed E-state index contributed by atoms with van der Waals surface area (Å²) < 4.78 is 5.40. The van der Waals surface area contributed by atoms with Gasteiger partial charge >= 0.3 is 0 Å². The summed E-state index contributed by atoms with van der Waals surface area (Å²) in [7, 11) is 1.83. The van der Waals surface area contributed by atoms with E-state index in [1.807, 2.05) is 7.05 Å². The third-order valence-corrected chi connectivity index (χ3v) is 2.02. The zero-order valence-corrected chi connectivity index (χ0v) is 7.05. The minimum Gasteiger partial charge on any atom is -0.389 e. The number of ether oxygens (including phenoxy) is 1. The molecule has 0 amide bonds. The Morgan fingerprint density at radius 1 is 1.64 bits per heavy atom. The Bertz CT molecular complexity index is 104. The van der Waals surface area contributed by atoms with Gasteiger partial charge in [0.05, 0.1) is 18.8 Å². The van der Waals surface area contributed by atoms with Crippen molar-refractivity contribution in [3.8, 4) is 0 Å². The molecule has 2 N–H and O–H groups in total. The number of aliphatic hydroxyl groups is 1. The number of aliphatic hydroxyl groups excluding tert-OH is 1. The summed E-state index contributed by atoms with van der Waals surface area (Å²) in [6, 6.07) is 0. The number of likely N-dealkylation sites (N-methyl/N-ethyl adjacent to an activating group) is 1. The van der Waals surface area contributed by atoms with Gasteiger partial charge < -0.3 is 15.2 Å². The first-order chi connectivity index (χ1) is 5.33. The molecule has 1 saturated carbocycles. The first kappa shape index (κ1) is 8.97. The Kier molecular flexibility index (Phi) is 3.83. The minimum atomic E-state index is -0.347. The van der Waals surface area contributed by atoms with Crippen LogP contribution < -0.4 is 5.32 Å². The SMILES string of the molecule is CNCC(O)COC1CCC1. The summed E-state index contributed by atoms with van der Waals surface area (Å²) in [5.41, 5.74) is 0. The van der Waals surface area contributed by atoms with Crippen LogP contribution in [0.5, 0.6) is 0 Å². The largest absolute Gasteiger partial charge is 0.389 e. The van der Waals surface area contributed by atoms with Gasteiger partial charge in [-0.25, -0.2) is 0 Å². The van der Waals surface area contributed by atoms with Crippen molar-refractivity contribution >= 4 is 0 Å². The van der Waals surface area contributed by atoms with Gasteiger partial charge in [-0.15, -0.1) is 0 Å². The Labute approximate surface area is 67.7 Å². The van der Waals surface area contributed by atoms with E-state index < -0.39 is 0 Å². The molecule has 0 aromatic heterocycles. The number of rotatable bonds is 5. The van der Waals surface area contributed by atoms with Crippen LogP contribution in [0.15, 0.2) is 0 Å². The molecule has 0 aromatic carbocycles. The van der Waals surface area contributed by atoms with E-state index in [0.717, 1.165) is 0 Å². The van der Waals surface area contributed by atoms with Crippen molar-refractivity contribution in [2.45, 2.75) is 31.5 Å². The molecule has 1 aliphatic carbocycles. The van der Waals surface area contributed by atoms with Gasteiger partial charge in [0, 0.05) is 6.54 Å². The Hall–Kier alpha value is -0.120. The maximum Gasteiger partial charge on any atom is 0.0897 e. The van der Waals surface area contributed by atoms with Gasteiger partial charge in [0.15, 0.2) is 0 Å². The van der Waals surface area contributed by atoms with Crippen molar-refractivity contribution < 1.29 is 9.84 Å². The van der Waals surface area contributed by atoms with E-state index in [0.29, 0.717) is 19.3 Å². The third kappa shape index (κ3) is 3.18. The fraction of sp³-hybridized carbons (Fsp3) is 1.00. The van der Waals surface area contributed by atoms with E-state index in [1.165, 1.54) is 19.3 Å². The van der Waals surface area contributed by atoms with Crippen molar-refractivity contribution in [2.24, 2.45) is 0 Å².